The van der Waals surface area contributed by atoms with Crippen LogP contribution in [-0.2, 0) is 12.5 Å². The Bertz CT molecular complexity index is 435. The first-order chi connectivity index (χ1) is 8.00. The van der Waals surface area contributed by atoms with Crippen molar-refractivity contribution < 1.29 is 4.79 Å². The molecule has 102 valence electrons. The van der Waals surface area contributed by atoms with Crippen molar-refractivity contribution in [2.45, 2.75) is 45.6 Å². The second kappa shape index (κ2) is 4.72. The van der Waals surface area contributed by atoms with Gasteiger partial charge in [0.1, 0.15) is 5.69 Å². The van der Waals surface area contributed by atoms with Gasteiger partial charge in [0.2, 0.25) is 0 Å². The Morgan fingerprint density at radius 3 is 2.33 bits per heavy atom. The molecule has 1 heterocycles. The minimum Gasteiger partial charge on any atom is -0.349 e. The van der Waals surface area contributed by atoms with Crippen LogP contribution in [0, 0.1) is 0 Å². The number of hydrogen-bond donors (Lipinski definition) is 2. The van der Waals surface area contributed by atoms with Gasteiger partial charge in [0.15, 0.2) is 0 Å². The van der Waals surface area contributed by atoms with Gasteiger partial charge in [0.05, 0.1) is 5.69 Å². The highest BCUT2D eigenvalue weighted by atomic mass is 16.2. The molecule has 0 saturated carbocycles. The molecule has 0 spiro atoms. The first kappa shape index (κ1) is 14.7. The normalized spacial score (nSPS) is 12.6. The third-order valence-corrected chi connectivity index (χ3v) is 2.59. The molecule has 1 amide bonds. The highest BCUT2D eigenvalue weighted by Crippen LogP contribution is 2.21. The highest BCUT2D eigenvalue weighted by molar-refractivity contribution is 5.92. The van der Waals surface area contributed by atoms with Crippen LogP contribution >= 0.6 is 0 Å². The van der Waals surface area contributed by atoms with Crippen molar-refractivity contribution in [2.24, 2.45) is 12.8 Å². The number of nitrogens with two attached hydrogens (primary N) is 1. The standard InChI is InChI=1S/C13H24N4O/c1-12(2,3)10-7-9(17(6)16-10)11(18)15-8-13(4,5)14/h7H,8,14H2,1-6H3,(H,15,18). The Morgan fingerprint density at radius 2 is 1.94 bits per heavy atom. The van der Waals surface area contributed by atoms with Crippen molar-refractivity contribution in [3.63, 3.8) is 0 Å². The molecule has 0 radical (unpaired) electrons. The molecular weight excluding hydrogens is 228 g/mol. The van der Waals surface area contributed by atoms with Gasteiger partial charge >= 0.3 is 0 Å². The number of nitrogens with zero attached hydrogens (tertiary/aromatic N) is 2. The molecule has 0 aromatic carbocycles. The number of rotatable bonds is 3. The second-order valence-electron chi connectivity index (χ2n) is 6.46. The van der Waals surface area contributed by atoms with E-state index in [1.165, 1.54) is 0 Å². The monoisotopic (exact) mass is 252 g/mol. The van der Waals surface area contributed by atoms with E-state index in [-0.39, 0.29) is 11.3 Å². The number of hydrogen-bond acceptors (Lipinski definition) is 3. The van der Waals surface area contributed by atoms with Gasteiger partial charge in [-0.3, -0.25) is 9.48 Å². The van der Waals surface area contributed by atoms with Crippen molar-refractivity contribution in [3.8, 4) is 0 Å². The van der Waals surface area contributed by atoms with Gasteiger partial charge < -0.3 is 11.1 Å². The fourth-order valence-corrected chi connectivity index (χ4v) is 1.44. The van der Waals surface area contributed by atoms with E-state index in [0.717, 1.165) is 5.69 Å². The van der Waals surface area contributed by atoms with E-state index in [4.69, 9.17) is 5.73 Å². The third kappa shape index (κ3) is 3.84. The van der Waals surface area contributed by atoms with E-state index in [1.54, 1.807) is 11.7 Å². The fourth-order valence-electron chi connectivity index (χ4n) is 1.44. The van der Waals surface area contributed by atoms with Crippen LogP contribution < -0.4 is 11.1 Å². The number of amides is 1. The molecule has 1 rings (SSSR count). The average molecular weight is 252 g/mol. The number of aromatic nitrogens is 2. The van der Waals surface area contributed by atoms with E-state index in [0.29, 0.717) is 12.2 Å². The molecule has 5 nitrogen and oxygen atoms in total. The van der Waals surface area contributed by atoms with Gasteiger partial charge in [-0.1, -0.05) is 20.8 Å². The van der Waals surface area contributed by atoms with Crippen LogP contribution in [0.25, 0.3) is 0 Å². The minimum absolute atomic E-state index is 0.0660. The molecule has 3 N–H and O–H groups in total. The largest absolute Gasteiger partial charge is 0.349 e. The zero-order chi connectivity index (χ0) is 14.1. The van der Waals surface area contributed by atoms with Crippen LogP contribution in [0.15, 0.2) is 6.07 Å². The lowest BCUT2D eigenvalue weighted by Crippen LogP contribution is -2.45. The van der Waals surface area contributed by atoms with Gasteiger partial charge in [0.25, 0.3) is 5.91 Å². The molecule has 0 fully saturated rings. The summed E-state index contributed by atoms with van der Waals surface area (Å²) in [6, 6.07) is 1.83. The minimum atomic E-state index is -0.416. The lowest BCUT2D eigenvalue weighted by atomic mass is 9.92. The smallest absolute Gasteiger partial charge is 0.269 e. The molecule has 1 aromatic rings. The lowest BCUT2D eigenvalue weighted by Gasteiger charge is -2.18. The van der Waals surface area contributed by atoms with Crippen molar-refractivity contribution in [2.75, 3.05) is 6.54 Å². The molecule has 5 heteroatoms. The molecular formula is C13H24N4O. The summed E-state index contributed by atoms with van der Waals surface area (Å²) in [6.45, 7) is 10.4. The molecule has 0 atom stereocenters. The van der Waals surface area contributed by atoms with Crippen LogP contribution in [0.1, 0.15) is 50.8 Å². The second-order valence-corrected chi connectivity index (χ2v) is 6.46. The first-order valence-corrected chi connectivity index (χ1v) is 6.12. The Labute approximate surface area is 109 Å². The number of aryl methyl sites for hydroxylation is 1. The maximum Gasteiger partial charge on any atom is 0.269 e. The Morgan fingerprint density at radius 1 is 1.39 bits per heavy atom. The van der Waals surface area contributed by atoms with Gasteiger partial charge in [0, 0.05) is 24.5 Å². The summed E-state index contributed by atoms with van der Waals surface area (Å²) in [5.74, 6) is -0.140. The summed E-state index contributed by atoms with van der Waals surface area (Å²) < 4.78 is 1.61. The van der Waals surface area contributed by atoms with Crippen molar-refractivity contribution in [1.29, 1.82) is 0 Å². The Balaban J connectivity index is 2.84. The maximum atomic E-state index is 12.0. The summed E-state index contributed by atoms with van der Waals surface area (Å²) in [4.78, 5) is 12.0. The quantitative estimate of drug-likeness (QED) is 0.848. The fraction of sp³-hybridized carbons (Fsp3) is 0.692. The summed E-state index contributed by atoms with van der Waals surface area (Å²) in [7, 11) is 1.78. The molecule has 0 unspecified atom stereocenters. The lowest BCUT2D eigenvalue weighted by molar-refractivity contribution is 0.0936. The van der Waals surface area contributed by atoms with E-state index >= 15 is 0 Å². The van der Waals surface area contributed by atoms with E-state index in [2.05, 4.69) is 31.2 Å². The maximum absolute atomic E-state index is 12.0. The van der Waals surface area contributed by atoms with Crippen LogP contribution in [0.2, 0.25) is 0 Å². The molecule has 0 saturated heterocycles. The van der Waals surface area contributed by atoms with Crippen molar-refractivity contribution >= 4 is 5.91 Å². The van der Waals surface area contributed by atoms with E-state index in [1.807, 2.05) is 19.9 Å². The SMILES string of the molecule is Cn1nc(C(C)(C)C)cc1C(=O)NCC(C)(C)N. The van der Waals surface area contributed by atoms with Gasteiger partial charge in [-0.2, -0.15) is 5.10 Å². The van der Waals surface area contributed by atoms with Crippen molar-refractivity contribution in [3.05, 3.63) is 17.5 Å². The number of carbonyl (C=O) groups is 1. The van der Waals surface area contributed by atoms with Crippen molar-refractivity contribution in [1.82, 2.24) is 15.1 Å². The summed E-state index contributed by atoms with van der Waals surface area (Å²) in [6.07, 6.45) is 0. The average Bonchev–Trinajstić information content (AvgIpc) is 2.55. The van der Waals surface area contributed by atoms with Crippen LogP contribution in [0.5, 0.6) is 0 Å². The van der Waals surface area contributed by atoms with Crippen LogP contribution in [-0.4, -0.2) is 27.8 Å². The van der Waals surface area contributed by atoms with E-state index in [9.17, 15) is 4.79 Å². The van der Waals surface area contributed by atoms with Gasteiger partial charge in [-0.15, -0.1) is 0 Å². The number of carbonyl (C=O) groups excluding carboxylic acids is 1. The number of nitrogens with one attached hydrogen (secondary N) is 1. The van der Waals surface area contributed by atoms with Crippen LogP contribution in [0.3, 0.4) is 0 Å². The zero-order valence-corrected chi connectivity index (χ0v) is 12.2. The molecule has 0 aliphatic carbocycles. The molecule has 18 heavy (non-hydrogen) atoms. The Hall–Kier alpha value is -1.36. The molecule has 0 aliphatic rings. The first-order valence-electron chi connectivity index (χ1n) is 6.12. The Kier molecular flexibility index (Phi) is 3.86. The highest BCUT2D eigenvalue weighted by Gasteiger charge is 2.22. The molecule has 0 bridgehead atoms. The third-order valence-electron chi connectivity index (χ3n) is 2.59. The predicted molar refractivity (Wildman–Crippen MR) is 72.5 cm³/mol. The summed E-state index contributed by atoms with van der Waals surface area (Å²) in [5.41, 5.74) is 6.82. The topological polar surface area (TPSA) is 72.9 Å². The summed E-state index contributed by atoms with van der Waals surface area (Å²) in [5, 5.41) is 7.19. The molecule has 0 aliphatic heterocycles. The van der Waals surface area contributed by atoms with E-state index < -0.39 is 5.54 Å². The van der Waals surface area contributed by atoms with Crippen LogP contribution in [0.4, 0.5) is 0 Å². The predicted octanol–water partition coefficient (Wildman–Crippen LogP) is 1.18. The van der Waals surface area contributed by atoms with Gasteiger partial charge in [-0.25, -0.2) is 0 Å². The molecule has 1 aromatic heterocycles. The van der Waals surface area contributed by atoms with Gasteiger partial charge in [-0.05, 0) is 19.9 Å². The summed E-state index contributed by atoms with van der Waals surface area (Å²) >= 11 is 0. The zero-order valence-electron chi connectivity index (χ0n) is 12.2.